The highest BCUT2D eigenvalue weighted by Gasteiger charge is 2.45. The Bertz CT molecular complexity index is 2710. The largest absolute Gasteiger partial charge is 0.384 e. The monoisotopic (exact) mass is 996 g/mol. The van der Waals surface area contributed by atoms with Crippen LogP contribution in [0.2, 0.25) is 0 Å². The summed E-state index contributed by atoms with van der Waals surface area (Å²) in [7, 11) is -3.61. The molecule has 0 bridgehead atoms. The maximum absolute atomic E-state index is 13.5. The maximum Gasteiger partial charge on any atom is 0.259 e. The van der Waals surface area contributed by atoms with Gasteiger partial charge in [0.15, 0.2) is 11.4 Å². The smallest absolute Gasteiger partial charge is 0.259 e. The number of fused-ring (bicyclic) bond motifs is 1. The van der Waals surface area contributed by atoms with Gasteiger partial charge in [0.05, 0.1) is 36.3 Å². The summed E-state index contributed by atoms with van der Waals surface area (Å²) in [5.74, 6) is -2.10. The minimum atomic E-state index is -3.61. The molecule has 3 aromatic carbocycles. The number of anilines is 2. The van der Waals surface area contributed by atoms with Crippen LogP contribution in [0.1, 0.15) is 114 Å². The number of nitrogens with one attached hydrogen (secondary N) is 5. The molecule has 20 heteroatoms. The molecule has 1 fully saturated rings. The standard InChI is InChI=1S/C50H60N8O10S2/c1-70(66,67)57-27-25-36(29-57)45(61)53-39(46(62)56-50-54-40(32-69-50)35-14-9-8-10-15-35)31-68-30-34-21-19-33(20-22-34)28-52-42(59)18-11-6-4-2-3-5-7-12-26-51-38-17-13-16-37-44(38)49(65)58(48(37)64)41-23-24-43(60)55-47(41)63/h8-10,13-17,19-22,25,27,29,32,39,41,43,48,51,60,64H,2-7,11-12,18,23-24,26,28,30-31H2,1H3,(H,52,59)(H,53,61)(H,55,63)(H,54,56,62). The fraction of sp³-hybridized carbons (Fsp3) is 0.400. The molecule has 2 aliphatic rings. The number of aliphatic hydroxyl groups excluding tert-OH is 2. The number of piperidine rings is 1. The third-order valence-corrected chi connectivity index (χ3v) is 13.9. The van der Waals surface area contributed by atoms with Gasteiger partial charge in [0.2, 0.25) is 21.8 Å². The van der Waals surface area contributed by atoms with Crippen molar-refractivity contribution >= 4 is 61.7 Å². The molecule has 1 saturated heterocycles. The molecule has 0 aliphatic carbocycles. The van der Waals surface area contributed by atoms with Crippen molar-refractivity contribution in [2.45, 2.75) is 108 Å². The van der Waals surface area contributed by atoms with Crippen LogP contribution in [0, 0.1) is 0 Å². The molecule has 4 unspecified atom stereocenters. The van der Waals surface area contributed by atoms with Crippen LogP contribution in [0.5, 0.6) is 0 Å². The third kappa shape index (κ3) is 13.9. The zero-order chi connectivity index (χ0) is 49.6. The first-order valence-electron chi connectivity index (χ1n) is 23.5. The van der Waals surface area contributed by atoms with Crippen LogP contribution in [0.3, 0.4) is 0 Å². The lowest BCUT2D eigenvalue weighted by Crippen LogP contribution is -2.55. The zero-order valence-corrected chi connectivity index (χ0v) is 40.6. The fourth-order valence-electron chi connectivity index (χ4n) is 8.36. The molecule has 18 nitrogen and oxygen atoms in total. The number of hydrogen-bond donors (Lipinski definition) is 7. The predicted molar refractivity (Wildman–Crippen MR) is 265 cm³/mol. The van der Waals surface area contributed by atoms with E-state index in [4.69, 9.17) is 4.74 Å². The van der Waals surface area contributed by atoms with Crippen LogP contribution in [0.15, 0.2) is 96.6 Å². The van der Waals surface area contributed by atoms with E-state index in [0.717, 1.165) is 78.3 Å². The van der Waals surface area contributed by atoms with Crippen molar-refractivity contribution in [3.63, 3.8) is 0 Å². The molecule has 0 saturated carbocycles. The fourth-order valence-corrected chi connectivity index (χ4v) is 9.67. The first-order chi connectivity index (χ1) is 33.7. The first kappa shape index (κ1) is 51.4. The number of ether oxygens (including phenoxy) is 1. The zero-order valence-electron chi connectivity index (χ0n) is 39.0. The van der Waals surface area contributed by atoms with Gasteiger partial charge in [-0.3, -0.25) is 32.8 Å². The molecule has 70 heavy (non-hydrogen) atoms. The van der Waals surface area contributed by atoms with Crippen LogP contribution in [0.4, 0.5) is 10.8 Å². The van der Waals surface area contributed by atoms with E-state index >= 15 is 0 Å². The average molecular weight is 997 g/mol. The van der Waals surface area contributed by atoms with Crippen molar-refractivity contribution in [1.82, 2.24) is 29.8 Å². The summed E-state index contributed by atoms with van der Waals surface area (Å²) in [6.07, 6.45) is 10.3. The number of carbonyl (C=O) groups is 5. The number of benzene rings is 3. The number of thiazole rings is 1. The van der Waals surface area contributed by atoms with E-state index in [1.165, 1.54) is 34.7 Å². The summed E-state index contributed by atoms with van der Waals surface area (Å²) >= 11 is 1.24. The Balaban J connectivity index is 0.759. The molecule has 7 rings (SSSR count). The number of hydrogen-bond acceptors (Lipinski definition) is 13. The number of amides is 5. The second kappa shape index (κ2) is 24.4. The molecule has 372 valence electrons. The van der Waals surface area contributed by atoms with Crippen molar-refractivity contribution in [3.05, 3.63) is 124 Å². The Hall–Kier alpha value is -6.45. The molecule has 0 radical (unpaired) electrons. The summed E-state index contributed by atoms with van der Waals surface area (Å²) in [5.41, 5.74) is 4.84. The summed E-state index contributed by atoms with van der Waals surface area (Å²) < 4.78 is 30.8. The third-order valence-electron chi connectivity index (χ3n) is 12.2. The average Bonchev–Trinajstić information content (AvgIpc) is 4.10. The minimum absolute atomic E-state index is 0.0134. The summed E-state index contributed by atoms with van der Waals surface area (Å²) in [6, 6.07) is 21.7. The van der Waals surface area contributed by atoms with Crippen LogP contribution < -0.4 is 26.6 Å². The number of aliphatic hydroxyl groups is 2. The molecule has 5 aromatic rings. The molecule has 0 spiro atoms. The lowest BCUT2D eigenvalue weighted by molar-refractivity contribution is -0.136. The van der Waals surface area contributed by atoms with Crippen molar-refractivity contribution in [2.24, 2.45) is 0 Å². The van der Waals surface area contributed by atoms with E-state index in [2.05, 4.69) is 31.6 Å². The Morgan fingerprint density at radius 2 is 1.60 bits per heavy atom. The first-order valence-corrected chi connectivity index (χ1v) is 26.3. The molecule has 4 atom stereocenters. The van der Waals surface area contributed by atoms with Gasteiger partial charge in [-0.15, -0.1) is 11.3 Å². The molecular formula is C50H60N8O10S2. The maximum atomic E-state index is 13.5. The highest BCUT2D eigenvalue weighted by atomic mass is 32.2. The van der Waals surface area contributed by atoms with Crippen LogP contribution in [-0.2, 0) is 42.3 Å². The Morgan fingerprint density at radius 3 is 2.31 bits per heavy atom. The van der Waals surface area contributed by atoms with E-state index in [-0.39, 0.29) is 31.1 Å². The second-order valence-electron chi connectivity index (χ2n) is 17.5. The van der Waals surface area contributed by atoms with E-state index in [1.54, 1.807) is 12.1 Å². The number of unbranched alkanes of at least 4 members (excludes halogenated alkanes) is 7. The predicted octanol–water partition coefficient (Wildman–Crippen LogP) is 5.66. The number of carbonyl (C=O) groups excluding carboxylic acids is 5. The summed E-state index contributed by atoms with van der Waals surface area (Å²) in [5, 5.41) is 37.0. The van der Waals surface area contributed by atoms with Crippen LogP contribution >= 0.6 is 11.3 Å². The molecule has 7 N–H and O–H groups in total. The second-order valence-corrected chi connectivity index (χ2v) is 20.2. The van der Waals surface area contributed by atoms with Crippen molar-refractivity contribution in [3.8, 4) is 11.3 Å². The highest BCUT2D eigenvalue weighted by molar-refractivity contribution is 7.89. The summed E-state index contributed by atoms with van der Waals surface area (Å²) in [6.45, 7) is 0.982. The molecule has 2 aliphatic heterocycles. The van der Waals surface area contributed by atoms with Gasteiger partial charge in [0.25, 0.3) is 17.7 Å². The number of aromatic nitrogens is 2. The highest BCUT2D eigenvalue weighted by Crippen LogP contribution is 2.39. The van der Waals surface area contributed by atoms with E-state index in [1.807, 2.05) is 66.0 Å². The Kier molecular flexibility index (Phi) is 17.9. The van der Waals surface area contributed by atoms with Crippen molar-refractivity contribution < 1.29 is 47.3 Å². The van der Waals surface area contributed by atoms with Gasteiger partial charge in [-0.1, -0.05) is 105 Å². The molecule has 2 aromatic heterocycles. The lowest BCUT2D eigenvalue weighted by atomic mass is 10.0. The Labute approximate surface area is 411 Å². The SMILES string of the molecule is CS(=O)(=O)n1ccc(C(=O)NC(COCc2ccc(CNC(=O)CCCCCCCCCCNc3cccc4c3C(=O)N(C3CCC(O)NC3=O)C4O)cc2)C(=O)Nc2nc(-c3ccccc3)cs2)c1. The quantitative estimate of drug-likeness (QED) is 0.0350. The molecule has 5 amide bonds. The lowest BCUT2D eigenvalue weighted by Gasteiger charge is -2.34. The van der Waals surface area contributed by atoms with E-state index in [0.29, 0.717) is 53.6 Å². The number of rotatable bonds is 25. The Morgan fingerprint density at radius 1 is 0.886 bits per heavy atom. The number of nitrogens with zero attached hydrogens (tertiary/aromatic N) is 3. The van der Waals surface area contributed by atoms with Crippen LogP contribution in [0.25, 0.3) is 11.3 Å². The van der Waals surface area contributed by atoms with E-state index < -0.39 is 58.2 Å². The van der Waals surface area contributed by atoms with Crippen molar-refractivity contribution in [1.29, 1.82) is 0 Å². The molecular weight excluding hydrogens is 937 g/mol. The van der Waals surface area contributed by atoms with Gasteiger partial charge >= 0.3 is 0 Å². The molecule has 4 heterocycles. The van der Waals surface area contributed by atoms with Gasteiger partial charge in [-0.2, -0.15) is 0 Å². The van der Waals surface area contributed by atoms with Gasteiger partial charge in [0.1, 0.15) is 18.3 Å². The van der Waals surface area contributed by atoms with Gasteiger partial charge in [-0.05, 0) is 48.9 Å². The van der Waals surface area contributed by atoms with Crippen LogP contribution in [-0.4, -0.2) is 99.7 Å². The summed E-state index contributed by atoms with van der Waals surface area (Å²) in [4.78, 5) is 70.8. The van der Waals surface area contributed by atoms with Crippen molar-refractivity contribution in [2.75, 3.05) is 30.0 Å². The van der Waals surface area contributed by atoms with E-state index in [9.17, 15) is 42.6 Å². The van der Waals surface area contributed by atoms with Gasteiger partial charge in [-0.25, -0.2) is 13.4 Å². The van der Waals surface area contributed by atoms with Gasteiger partial charge < -0.3 is 41.5 Å². The van der Waals surface area contributed by atoms with Gasteiger partial charge in [0, 0.05) is 54.1 Å². The minimum Gasteiger partial charge on any atom is -0.384 e. The normalized spacial score (nSPS) is 17.1. The topological polar surface area (TPSA) is 250 Å².